The van der Waals surface area contributed by atoms with E-state index in [-0.39, 0.29) is 31.1 Å². The maximum Gasteiger partial charge on any atom is 0.333 e. The molecule has 6 heteroatoms. The fraction of sp³-hybridized carbons (Fsp3) is 0.591. The lowest BCUT2D eigenvalue weighted by Gasteiger charge is -2.17. The first-order valence-electron chi connectivity index (χ1n) is 9.62. The van der Waals surface area contributed by atoms with Crippen LogP contribution in [0.25, 0.3) is 0 Å². The average molecular weight is 395 g/mol. The molecule has 0 aromatic heterocycles. The maximum absolute atomic E-state index is 11.9. The Morgan fingerprint density at radius 3 is 2.21 bits per heavy atom. The number of carboxylic acids is 1. The van der Waals surface area contributed by atoms with Crippen molar-refractivity contribution in [2.45, 2.75) is 60.3 Å². The molecule has 0 bridgehead atoms. The smallest absolute Gasteiger partial charge is 0.333 e. The average Bonchev–Trinajstić information content (AvgIpc) is 2.62. The van der Waals surface area contributed by atoms with Gasteiger partial charge < -0.3 is 14.6 Å². The van der Waals surface area contributed by atoms with Gasteiger partial charge >= 0.3 is 17.9 Å². The summed E-state index contributed by atoms with van der Waals surface area (Å²) >= 11 is 0. The van der Waals surface area contributed by atoms with Crippen LogP contribution in [0.2, 0.25) is 0 Å². The molecule has 0 radical (unpaired) electrons. The Kier molecular flexibility index (Phi) is 12.6. The molecule has 2 atom stereocenters. The van der Waals surface area contributed by atoms with Gasteiger partial charge in [0.1, 0.15) is 13.2 Å². The molecule has 0 aliphatic carbocycles. The third-order valence-corrected chi connectivity index (χ3v) is 4.40. The van der Waals surface area contributed by atoms with Crippen molar-refractivity contribution in [2.75, 3.05) is 13.2 Å². The molecule has 0 fully saturated rings. The minimum atomic E-state index is -1.04. The molecule has 158 valence electrons. The second kappa shape index (κ2) is 13.7. The number of allylic oxidation sites excluding steroid dienone is 4. The predicted octanol–water partition coefficient (Wildman–Crippen LogP) is 4.46. The van der Waals surface area contributed by atoms with Gasteiger partial charge in [-0.2, -0.15) is 0 Å². The van der Waals surface area contributed by atoms with Gasteiger partial charge in [-0.25, -0.2) is 4.79 Å². The fourth-order valence-corrected chi connectivity index (χ4v) is 2.49. The van der Waals surface area contributed by atoms with Crippen molar-refractivity contribution in [3.63, 3.8) is 0 Å². The zero-order valence-corrected chi connectivity index (χ0v) is 17.7. The van der Waals surface area contributed by atoms with Crippen molar-refractivity contribution in [1.29, 1.82) is 0 Å². The molecule has 28 heavy (non-hydrogen) atoms. The summed E-state index contributed by atoms with van der Waals surface area (Å²) in [5.74, 6) is -3.39. The van der Waals surface area contributed by atoms with Gasteiger partial charge in [0, 0.05) is 5.57 Å². The van der Waals surface area contributed by atoms with Crippen LogP contribution >= 0.6 is 0 Å². The molecule has 0 aromatic carbocycles. The second-order valence-corrected chi connectivity index (χ2v) is 7.10. The van der Waals surface area contributed by atoms with Crippen LogP contribution in [0.15, 0.2) is 35.5 Å². The lowest BCUT2D eigenvalue weighted by Crippen LogP contribution is -2.25. The van der Waals surface area contributed by atoms with Crippen LogP contribution in [-0.4, -0.2) is 36.2 Å². The van der Waals surface area contributed by atoms with Crippen LogP contribution in [0.4, 0.5) is 0 Å². The highest BCUT2D eigenvalue weighted by molar-refractivity contribution is 5.86. The Morgan fingerprint density at radius 1 is 1.07 bits per heavy atom. The summed E-state index contributed by atoms with van der Waals surface area (Å²) in [4.78, 5) is 34.7. The van der Waals surface area contributed by atoms with Crippen LogP contribution in [0, 0.1) is 11.8 Å². The molecular weight excluding hydrogens is 360 g/mol. The van der Waals surface area contributed by atoms with E-state index < -0.39 is 23.8 Å². The molecule has 0 spiro atoms. The minimum Gasteiger partial charge on any atom is -0.481 e. The zero-order chi connectivity index (χ0) is 21.7. The number of hydrogen-bond donors (Lipinski definition) is 1. The third-order valence-electron chi connectivity index (χ3n) is 4.40. The lowest BCUT2D eigenvalue weighted by atomic mass is 9.89. The molecule has 0 heterocycles. The van der Waals surface area contributed by atoms with E-state index in [2.05, 4.69) is 26.5 Å². The van der Waals surface area contributed by atoms with E-state index in [1.54, 1.807) is 6.92 Å². The standard InChI is InChI=1S/C22H34O6/c1-7-16(4)9-8-10-17(5)13-18(6)19(21(24)25)14-20(23)27-11-12-28-22(26)15(2)3/h9,13,18-19H,2,7-8,10-12,14H2,1,3-6H3,(H,24,25). The first kappa shape index (κ1) is 25.6. The van der Waals surface area contributed by atoms with Crippen molar-refractivity contribution in [1.82, 2.24) is 0 Å². The van der Waals surface area contributed by atoms with Gasteiger partial charge in [0.2, 0.25) is 0 Å². The molecular formula is C22H34O6. The van der Waals surface area contributed by atoms with Crippen LogP contribution in [-0.2, 0) is 23.9 Å². The van der Waals surface area contributed by atoms with Crippen LogP contribution in [0.1, 0.15) is 60.3 Å². The van der Waals surface area contributed by atoms with Crippen molar-refractivity contribution in [3.05, 3.63) is 35.5 Å². The number of carbonyl (C=O) groups is 3. The molecule has 0 saturated heterocycles. The number of carbonyl (C=O) groups excluding carboxylic acids is 2. The molecule has 0 aromatic rings. The van der Waals surface area contributed by atoms with Gasteiger partial charge in [-0.3, -0.25) is 9.59 Å². The Balaban J connectivity index is 4.57. The molecule has 0 aliphatic heterocycles. The summed E-state index contributed by atoms with van der Waals surface area (Å²) < 4.78 is 9.80. The van der Waals surface area contributed by atoms with Gasteiger partial charge in [0.15, 0.2) is 0 Å². The number of hydrogen-bond acceptors (Lipinski definition) is 5. The van der Waals surface area contributed by atoms with Crippen molar-refractivity contribution in [3.8, 4) is 0 Å². The number of esters is 2. The van der Waals surface area contributed by atoms with Crippen LogP contribution < -0.4 is 0 Å². The van der Waals surface area contributed by atoms with Crippen LogP contribution in [0.5, 0.6) is 0 Å². The first-order valence-corrected chi connectivity index (χ1v) is 9.62. The molecule has 0 aliphatic rings. The Labute approximate surface area is 168 Å². The summed E-state index contributed by atoms with van der Waals surface area (Å²) in [7, 11) is 0. The van der Waals surface area contributed by atoms with Gasteiger partial charge in [-0.1, -0.05) is 43.7 Å². The quantitative estimate of drug-likeness (QED) is 0.215. The molecule has 0 saturated carbocycles. The number of aliphatic carboxylic acids is 1. The fourth-order valence-electron chi connectivity index (χ4n) is 2.49. The van der Waals surface area contributed by atoms with Gasteiger partial charge in [-0.15, -0.1) is 0 Å². The number of carboxylic acid groups (broad SMARTS) is 1. The van der Waals surface area contributed by atoms with E-state index >= 15 is 0 Å². The van der Waals surface area contributed by atoms with Crippen molar-refractivity contribution < 1.29 is 29.0 Å². The summed E-state index contributed by atoms with van der Waals surface area (Å²) in [6.45, 7) is 12.7. The molecule has 2 unspecified atom stereocenters. The Bertz CT molecular complexity index is 615. The summed E-state index contributed by atoms with van der Waals surface area (Å²) in [6.07, 6.45) is 6.66. The minimum absolute atomic E-state index is 0.0889. The van der Waals surface area contributed by atoms with E-state index in [1.165, 1.54) is 12.5 Å². The van der Waals surface area contributed by atoms with Gasteiger partial charge in [0.05, 0.1) is 12.3 Å². The van der Waals surface area contributed by atoms with E-state index in [0.717, 1.165) is 24.8 Å². The largest absolute Gasteiger partial charge is 0.481 e. The maximum atomic E-state index is 11.9. The van der Waals surface area contributed by atoms with E-state index in [9.17, 15) is 19.5 Å². The van der Waals surface area contributed by atoms with E-state index in [0.29, 0.717) is 0 Å². The second-order valence-electron chi connectivity index (χ2n) is 7.10. The van der Waals surface area contributed by atoms with E-state index in [4.69, 9.17) is 9.47 Å². The summed E-state index contributed by atoms with van der Waals surface area (Å²) in [6, 6.07) is 0. The number of ether oxygens (including phenoxy) is 2. The van der Waals surface area contributed by atoms with Gasteiger partial charge in [-0.05, 0) is 46.0 Å². The Hall–Kier alpha value is -2.37. The monoisotopic (exact) mass is 394 g/mol. The van der Waals surface area contributed by atoms with Crippen molar-refractivity contribution in [2.24, 2.45) is 11.8 Å². The molecule has 0 amide bonds. The predicted molar refractivity (Wildman–Crippen MR) is 109 cm³/mol. The van der Waals surface area contributed by atoms with E-state index in [1.807, 2.05) is 13.0 Å². The summed E-state index contributed by atoms with van der Waals surface area (Å²) in [5, 5.41) is 9.47. The highest BCUT2D eigenvalue weighted by Gasteiger charge is 2.27. The third kappa shape index (κ3) is 11.4. The Morgan fingerprint density at radius 2 is 1.68 bits per heavy atom. The topological polar surface area (TPSA) is 89.9 Å². The molecule has 1 N–H and O–H groups in total. The van der Waals surface area contributed by atoms with Gasteiger partial charge in [0.25, 0.3) is 0 Å². The van der Waals surface area contributed by atoms with Crippen molar-refractivity contribution >= 4 is 17.9 Å². The highest BCUT2D eigenvalue weighted by atomic mass is 16.6. The summed E-state index contributed by atoms with van der Waals surface area (Å²) in [5.41, 5.74) is 2.69. The first-order chi connectivity index (χ1) is 13.1. The molecule has 6 nitrogen and oxygen atoms in total. The lowest BCUT2D eigenvalue weighted by molar-refractivity contribution is -0.155. The highest BCUT2D eigenvalue weighted by Crippen LogP contribution is 2.21. The van der Waals surface area contributed by atoms with Crippen LogP contribution in [0.3, 0.4) is 0 Å². The molecule has 0 rings (SSSR count). The number of rotatable bonds is 13. The normalized spacial score (nSPS) is 14.2. The SMILES string of the molecule is C=C(C)C(=O)OCCOC(=O)CC(C(=O)O)C(C)C=C(C)CCC=C(C)CC. The zero-order valence-electron chi connectivity index (χ0n) is 17.7.